The lowest BCUT2D eigenvalue weighted by atomic mass is 9.99. The summed E-state index contributed by atoms with van der Waals surface area (Å²) in [6.45, 7) is 6.53. The molecule has 1 aliphatic rings. The maximum absolute atomic E-state index is 12.1. The summed E-state index contributed by atoms with van der Waals surface area (Å²) in [5, 5.41) is 11.3. The highest BCUT2D eigenvalue weighted by molar-refractivity contribution is 5.76. The van der Waals surface area contributed by atoms with E-state index in [2.05, 4.69) is 26.1 Å². The second kappa shape index (κ2) is 6.61. The number of carboxylic acids is 1. The van der Waals surface area contributed by atoms with Gasteiger partial charge in [-0.2, -0.15) is 0 Å². The molecule has 1 fully saturated rings. The van der Waals surface area contributed by atoms with Crippen LogP contribution in [-0.4, -0.2) is 40.6 Å². The zero-order chi connectivity index (χ0) is 13.7. The lowest BCUT2D eigenvalue weighted by Crippen LogP contribution is -2.49. The van der Waals surface area contributed by atoms with Crippen LogP contribution in [0.4, 0.5) is 4.79 Å². The van der Waals surface area contributed by atoms with Crippen LogP contribution in [0.3, 0.4) is 0 Å². The molecule has 0 heterocycles. The molecule has 18 heavy (non-hydrogen) atoms. The zero-order valence-electron chi connectivity index (χ0n) is 11.5. The highest BCUT2D eigenvalue weighted by Gasteiger charge is 2.37. The number of carboxylic acid groups (broad SMARTS) is 1. The van der Waals surface area contributed by atoms with Crippen LogP contribution in [0, 0.1) is 5.92 Å². The molecule has 2 atom stereocenters. The van der Waals surface area contributed by atoms with E-state index < -0.39 is 5.97 Å². The van der Waals surface area contributed by atoms with Gasteiger partial charge in [0.25, 0.3) is 0 Å². The highest BCUT2D eigenvalue weighted by Crippen LogP contribution is 2.31. The van der Waals surface area contributed by atoms with Gasteiger partial charge in [-0.1, -0.05) is 20.3 Å². The number of hydrogen-bond acceptors (Lipinski definition) is 2. The van der Waals surface area contributed by atoms with Gasteiger partial charge in [0.05, 0.1) is 6.42 Å². The fourth-order valence-corrected chi connectivity index (χ4v) is 2.02. The molecule has 1 aliphatic carbocycles. The summed E-state index contributed by atoms with van der Waals surface area (Å²) in [7, 11) is 0. The van der Waals surface area contributed by atoms with Crippen LogP contribution >= 0.6 is 0 Å². The van der Waals surface area contributed by atoms with Crippen LogP contribution in [0.25, 0.3) is 0 Å². The third-order valence-corrected chi connectivity index (χ3v) is 3.70. The molecule has 0 aromatic rings. The summed E-state index contributed by atoms with van der Waals surface area (Å²) >= 11 is 0. The second-order valence-electron chi connectivity index (χ2n) is 5.14. The van der Waals surface area contributed by atoms with Crippen molar-refractivity contribution in [3.05, 3.63) is 0 Å². The smallest absolute Gasteiger partial charge is 0.317 e. The number of nitrogens with one attached hydrogen (secondary N) is 1. The fraction of sp³-hybridized carbons (Fsp3) is 0.846. The number of amides is 2. The number of carbonyl (C=O) groups excluding carboxylic acids is 1. The quantitative estimate of drug-likeness (QED) is 0.732. The molecule has 0 aliphatic heterocycles. The zero-order valence-corrected chi connectivity index (χ0v) is 11.5. The first kappa shape index (κ1) is 14.8. The van der Waals surface area contributed by atoms with E-state index in [1.165, 1.54) is 0 Å². The van der Waals surface area contributed by atoms with Crippen molar-refractivity contribution in [2.75, 3.05) is 6.54 Å². The van der Waals surface area contributed by atoms with Gasteiger partial charge in [-0.15, -0.1) is 0 Å². The molecule has 2 amide bonds. The molecule has 0 aromatic heterocycles. The van der Waals surface area contributed by atoms with Crippen LogP contribution in [0.15, 0.2) is 0 Å². The van der Waals surface area contributed by atoms with Crippen molar-refractivity contribution < 1.29 is 14.7 Å². The minimum Gasteiger partial charge on any atom is -0.481 e. The molecule has 2 unspecified atom stereocenters. The Kier molecular flexibility index (Phi) is 5.44. The van der Waals surface area contributed by atoms with Crippen LogP contribution in [0.2, 0.25) is 0 Å². The Bertz CT molecular complexity index is 303. The standard InChI is InChI=1S/C13H24N2O3/c1-4-9(2)10(3)15(11-5-6-11)13(18)14-8-7-12(16)17/h9-11H,4-8H2,1-3H3,(H,14,18)(H,16,17). The Morgan fingerprint density at radius 3 is 2.44 bits per heavy atom. The summed E-state index contributed by atoms with van der Waals surface area (Å²) in [5.41, 5.74) is 0. The van der Waals surface area contributed by atoms with Crippen LogP contribution in [0.5, 0.6) is 0 Å². The molecule has 1 saturated carbocycles. The van der Waals surface area contributed by atoms with Crippen molar-refractivity contribution in [1.82, 2.24) is 10.2 Å². The summed E-state index contributed by atoms with van der Waals surface area (Å²) < 4.78 is 0. The predicted octanol–water partition coefficient (Wildman–Crippen LogP) is 2.07. The van der Waals surface area contributed by atoms with Crippen molar-refractivity contribution in [3.63, 3.8) is 0 Å². The fourth-order valence-electron chi connectivity index (χ4n) is 2.02. The normalized spacial score (nSPS) is 17.9. The molecule has 0 aromatic carbocycles. The molecule has 0 saturated heterocycles. The SMILES string of the molecule is CCC(C)C(C)N(C(=O)NCCC(=O)O)C1CC1. The van der Waals surface area contributed by atoms with Crippen molar-refractivity contribution in [3.8, 4) is 0 Å². The van der Waals surface area contributed by atoms with Crippen molar-refractivity contribution in [2.45, 2.75) is 58.5 Å². The van der Waals surface area contributed by atoms with Crippen LogP contribution in [0.1, 0.15) is 46.5 Å². The van der Waals surface area contributed by atoms with Gasteiger partial charge in [-0.25, -0.2) is 4.79 Å². The molecule has 0 radical (unpaired) electrons. The Hall–Kier alpha value is -1.26. The molecule has 104 valence electrons. The first-order valence-electron chi connectivity index (χ1n) is 6.75. The number of urea groups is 1. The monoisotopic (exact) mass is 256 g/mol. The maximum atomic E-state index is 12.1. The molecular formula is C13H24N2O3. The Labute approximate surface area is 109 Å². The van der Waals surface area contributed by atoms with Crippen molar-refractivity contribution in [1.29, 1.82) is 0 Å². The second-order valence-corrected chi connectivity index (χ2v) is 5.14. The highest BCUT2D eigenvalue weighted by atomic mass is 16.4. The van der Waals surface area contributed by atoms with E-state index in [-0.39, 0.29) is 25.0 Å². The van der Waals surface area contributed by atoms with Gasteiger partial charge in [0.1, 0.15) is 0 Å². The summed E-state index contributed by atoms with van der Waals surface area (Å²) in [5.74, 6) is -0.431. The average molecular weight is 256 g/mol. The summed E-state index contributed by atoms with van der Waals surface area (Å²) in [4.78, 5) is 24.4. The minimum absolute atomic E-state index is 0.0258. The third kappa shape index (κ3) is 4.20. The van der Waals surface area contributed by atoms with Gasteiger partial charge in [0, 0.05) is 18.6 Å². The first-order chi connectivity index (χ1) is 8.47. The molecule has 5 heteroatoms. The number of aliphatic carboxylic acids is 1. The van der Waals surface area contributed by atoms with E-state index in [0.717, 1.165) is 19.3 Å². The Morgan fingerprint density at radius 2 is 2.00 bits per heavy atom. The van der Waals surface area contributed by atoms with Gasteiger partial charge >= 0.3 is 12.0 Å². The van der Waals surface area contributed by atoms with E-state index in [1.54, 1.807) is 0 Å². The molecule has 0 bridgehead atoms. The lowest BCUT2D eigenvalue weighted by Gasteiger charge is -2.33. The topological polar surface area (TPSA) is 69.6 Å². The van der Waals surface area contributed by atoms with E-state index in [0.29, 0.717) is 12.0 Å². The van der Waals surface area contributed by atoms with Crippen LogP contribution < -0.4 is 5.32 Å². The third-order valence-electron chi connectivity index (χ3n) is 3.70. The first-order valence-corrected chi connectivity index (χ1v) is 6.75. The van der Waals surface area contributed by atoms with E-state index >= 15 is 0 Å². The molecule has 5 nitrogen and oxygen atoms in total. The molecule has 0 spiro atoms. The number of hydrogen-bond donors (Lipinski definition) is 2. The minimum atomic E-state index is -0.886. The van der Waals surface area contributed by atoms with Crippen molar-refractivity contribution >= 4 is 12.0 Å². The summed E-state index contributed by atoms with van der Waals surface area (Å²) in [6.07, 6.45) is 3.13. The molecule has 2 N–H and O–H groups in total. The van der Waals surface area contributed by atoms with Gasteiger partial charge in [0.2, 0.25) is 0 Å². The number of rotatable bonds is 7. The predicted molar refractivity (Wildman–Crippen MR) is 69.4 cm³/mol. The number of carbonyl (C=O) groups is 2. The van der Waals surface area contributed by atoms with Gasteiger partial charge in [-0.3, -0.25) is 4.79 Å². The average Bonchev–Trinajstić information content (AvgIpc) is 3.12. The number of nitrogens with zero attached hydrogens (tertiary/aromatic N) is 1. The summed E-state index contributed by atoms with van der Waals surface area (Å²) in [6, 6.07) is 0.428. The van der Waals surface area contributed by atoms with E-state index in [4.69, 9.17) is 5.11 Å². The maximum Gasteiger partial charge on any atom is 0.317 e. The van der Waals surface area contributed by atoms with E-state index in [1.807, 2.05) is 4.90 Å². The van der Waals surface area contributed by atoms with E-state index in [9.17, 15) is 9.59 Å². The van der Waals surface area contributed by atoms with Crippen LogP contribution in [-0.2, 0) is 4.79 Å². The van der Waals surface area contributed by atoms with Crippen molar-refractivity contribution in [2.24, 2.45) is 5.92 Å². The van der Waals surface area contributed by atoms with Gasteiger partial charge in [-0.05, 0) is 25.7 Å². The lowest BCUT2D eigenvalue weighted by molar-refractivity contribution is -0.136. The molecule has 1 rings (SSSR count). The Morgan fingerprint density at radius 1 is 1.39 bits per heavy atom. The van der Waals surface area contributed by atoms with Gasteiger partial charge < -0.3 is 15.3 Å². The largest absolute Gasteiger partial charge is 0.481 e. The Balaban J connectivity index is 2.50. The van der Waals surface area contributed by atoms with Gasteiger partial charge in [0.15, 0.2) is 0 Å². The molecular weight excluding hydrogens is 232 g/mol.